The second-order valence-electron chi connectivity index (χ2n) is 3.87. The van der Waals surface area contributed by atoms with E-state index in [0.29, 0.717) is 5.56 Å². The lowest BCUT2D eigenvalue weighted by Crippen LogP contribution is -2.15. The molecule has 1 heterocycles. The Labute approximate surface area is 113 Å². The average Bonchev–Trinajstić information content (AvgIpc) is 2.49. The van der Waals surface area contributed by atoms with Gasteiger partial charge in [0, 0.05) is 23.5 Å². The van der Waals surface area contributed by atoms with E-state index in [9.17, 15) is 9.18 Å². The predicted molar refractivity (Wildman–Crippen MR) is 71.1 cm³/mol. The molecule has 0 atom stereocenters. The van der Waals surface area contributed by atoms with Gasteiger partial charge in [-0.3, -0.25) is 9.78 Å². The lowest BCUT2D eigenvalue weighted by molar-refractivity contribution is 0.102. The number of benzene rings is 1. The Balaban J connectivity index is 2.21. The van der Waals surface area contributed by atoms with E-state index in [4.69, 9.17) is 10.9 Å². The van der Waals surface area contributed by atoms with Crippen LogP contribution in [0, 0.1) is 5.82 Å². The van der Waals surface area contributed by atoms with Gasteiger partial charge in [0.05, 0.1) is 5.69 Å². The first kappa shape index (κ1) is 13.5. The molecule has 0 radical (unpaired) electrons. The Kier molecular flexibility index (Phi) is 3.90. The van der Waals surface area contributed by atoms with Crippen molar-refractivity contribution in [2.24, 2.45) is 10.9 Å². The molecule has 0 bridgehead atoms. The average molecular weight is 274 g/mol. The van der Waals surface area contributed by atoms with Crippen molar-refractivity contribution in [2.75, 3.05) is 5.32 Å². The van der Waals surface area contributed by atoms with Gasteiger partial charge in [-0.05, 0) is 30.3 Å². The highest BCUT2D eigenvalue weighted by molar-refractivity contribution is 6.04. The zero-order chi connectivity index (χ0) is 14.5. The number of anilines is 1. The van der Waals surface area contributed by atoms with Crippen molar-refractivity contribution in [2.45, 2.75) is 0 Å². The number of hydrogen-bond donors (Lipinski definition) is 3. The molecule has 7 heteroatoms. The van der Waals surface area contributed by atoms with E-state index in [0.717, 1.165) is 6.07 Å². The number of hydrogen-bond acceptors (Lipinski definition) is 4. The first-order chi connectivity index (χ1) is 9.61. The number of halogens is 1. The van der Waals surface area contributed by atoms with Crippen LogP contribution in [0.5, 0.6) is 0 Å². The van der Waals surface area contributed by atoms with Crippen molar-refractivity contribution in [3.8, 4) is 0 Å². The van der Waals surface area contributed by atoms with Crippen molar-refractivity contribution in [1.29, 1.82) is 0 Å². The summed E-state index contributed by atoms with van der Waals surface area (Å²) < 4.78 is 13.8. The Morgan fingerprint density at radius 1 is 1.25 bits per heavy atom. The Bertz CT molecular complexity index is 659. The Morgan fingerprint density at radius 3 is 2.55 bits per heavy atom. The minimum Gasteiger partial charge on any atom is -0.409 e. The number of nitrogens with two attached hydrogens (primary N) is 1. The van der Waals surface area contributed by atoms with Crippen molar-refractivity contribution in [3.63, 3.8) is 0 Å². The largest absolute Gasteiger partial charge is 0.409 e. The van der Waals surface area contributed by atoms with Gasteiger partial charge >= 0.3 is 0 Å². The fourth-order valence-corrected chi connectivity index (χ4v) is 1.53. The topological polar surface area (TPSA) is 101 Å². The van der Waals surface area contributed by atoms with Crippen LogP contribution in [0.15, 0.2) is 47.9 Å². The molecule has 0 spiro atoms. The monoisotopic (exact) mass is 274 g/mol. The number of nitrogens with zero attached hydrogens (tertiary/aromatic N) is 2. The highest BCUT2D eigenvalue weighted by Gasteiger charge is 2.10. The molecule has 2 aromatic rings. The van der Waals surface area contributed by atoms with Gasteiger partial charge in [0.25, 0.3) is 5.91 Å². The summed E-state index contributed by atoms with van der Waals surface area (Å²) in [4.78, 5) is 15.6. The van der Waals surface area contributed by atoms with Crippen LogP contribution in [-0.4, -0.2) is 21.9 Å². The van der Waals surface area contributed by atoms with Crippen LogP contribution in [0.3, 0.4) is 0 Å². The summed E-state index contributed by atoms with van der Waals surface area (Å²) >= 11 is 0. The van der Waals surface area contributed by atoms with Gasteiger partial charge in [-0.15, -0.1) is 0 Å². The summed E-state index contributed by atoms with van der Waals surface area (Å²) in [6.45, 7) is 0. The molecule has 4 N–H and O–H groups in total. The second kappa shape index (κ2) is 5.79. The number of aromatic nitrogens is 1. The van der Waals surface area contributed by atoms with Gasteiger partial charge < -0.3 is 16.3 Å². The molecule has 0 unspecified atom stereocenters. The summed E-state index contributed by atoms with van der Waals surface area (Å²) in [7, 11) is 0. The van der Waals surface area contributed by atoms with Crippen LogP contribution < -0.4 is 11.1 Å². The van der Waals surface area contributed by atoms with Gasteiger partial charge in [0.2, 0.25) is 0 Å². The number of nitrogens with one attached hydrogen (secondary N) is 1. The standard InChI is InChI=1S/C13H11FN4O2/c14-10-7-9(12(15)18-20)1-2-11(10)17-13(19)8-3-5-16-6-4-8/h1-7,20H,(H2,15,18)(H,17,19). The van der Waals surface area contributed by atoms with Crippen LogP contribution >= 0.6 is 0 Å². The van der Waals surface area contributed by atoms with Gasteiger partial charge in [-0.1, -0.05) is 5.16 Å². The number of pyridine rings is 1. The Morgan fingerprint density at radius 2 is 1.95 bits per heavy atom. The summed E-state index contributed by atoms with van der Waals surface area (Å²) in [6.07, 6.45) is 2.93. The summed E-state index contributed by atoms with van der Waals surface area (Å²) in [6, 6.07) is 6.86. The van der Waals surface area contributed by atoms with E-state index >= 15 is 0 Å². The minimum absolute atomic E-state index is 0.00121. The molecule has 1 aromatic heterocycles. The molecule has 6 nitrogen and oxygen atoms in total. The summed E-state index contributed by atoms with van der Waals surface area (Å²) in [5.74, 6) is -1.35. The van der Waals surface area contributed by atoms with E-state index in [1.54, 1.807) is 0 Å². The van der Waals surface area contributed by atoms with Crippen LogP contribution in [0.25, 0.3) is 0 Å². The number of amidine groups is 1. The third-order valence-corrected chi connectivity index (χ3v) is 2.56. The minimum atomic E-state index is -0.684. The summed E-state index contributed by atoms with van der Waals surface area (Å²) in [5.41, 5.74) is 5.92. The van der Waals surface area contributed by atoms with Crippen LogP contribution in [-0.2, 0) is 0 Å². The highest BCUT2D eigenvalue weighted by atomic mass is 19.1. The Hall–Kier alpha value is -2.96. The molecule has 0 saturated heterocycles. The molecule has 0 aliphatic heterocycles. The number of carbonyl (C=O) groups excluding carboxylic acids is 1. The molecule has 0 saturated carbocycles. The van der Waals surface area contributed by atoms with Crippen LogP contribution in [0.2, 0.25) is 0 Å². The first-order valence-electron chi connectivity index (χ1n) is 5.60. The molecular formula is C13H11FN4O2. The molecular weight excluding hydrogens is 263 g/mol. The van der Waals surface area contributed by atoms with Crippen molar-refractivity contribution >= 4 is 17.4 Å². The number of carbonyl (C=O) groups is 1. The van der Waals surface area contributed by atoms with Crippen LogP contribution in [0.1, 0.15) is 15.9 Å². The number of amides is 1. The van der Waals surface area contributed by atoms with Gasteiger partial charge in [0.1, 0.15) is 5.82 Å². The quantitative estimate of drug-likeness (QED) is 0.342. The maximum atomic E-state index is 13.8. The third kappa shape index (κ3) is 2.89. The fraction of sp³-hybridized carbons (Fsp3) is 0. The fourth-order valence-electron chi connectivity index (χ4n) is 1.53. The maximum Gasteiger partial charge on any atom is 0.255 e. The van der Waals surface area contributed by atoms with Crippen LogP contribution in [0.4, 0.5) is 10.1 Å². The van der Waals surface area contributed by atoms with Crippen molar-refractivity contribution in [1.82, 2.24) is 4.98 Å². The first-order valence-corrected chi connectivity index (χ1v) is 5.60. The molecule has 0 fully saturated rings. The molecule has 102 valence electrons. The number of oxime groups is 1. The lowest BCUT2D eigenvalue weighted by atomic mass is 10.1. The lowest BCUT2D eigenvalue weighted by Gasteiger charge is -2.07. The predicted octanol–water partition coefficient (Wildman–Crippen LogP) is 1.57. The van der Waals surface area contributed by atoms with Crippen molar-refractivity contribution in [3.05, 3.63) is 59.7 Å². The normalized spacial score (nSPS) is 11.2. The molecule has 20 heavy (non-hydrogen) atoms. The summed E-state index contributed by atoms with van der Waals surface area (Å²) in [5, 5.41) is 13.7. The molecule has 1 aromatic carbocycles. The second-order valence-corrected chi connectivity index (χ2v) is 3.87. The molecule has 1 amide bonds. The van der Waals surface area contributed by atoms with E-state index in [1.807, 2.05) is 0 Å². The van der Waals surface area contributed by atoms with E-state index in [-0.39, 0.29) is 17.1 Å². The molecule has 0 aliphatic rings. The molecule has 2 rings (SSSR count). The smallest absolute Gasteiger partial charge is 0.255 e. The van der Waals surface area contributed by atoms with Gasteiger partial charge in [0.15, 0.2) is 5.84 Å². The zero-order valence-electron chi connectivity index (χ0n) is 10.2. The third-order valence-electron chi connectivity index (χ3n) is 2.56. The van der Waals surface area contributed by atoms with E-state index in [1.165, 1.54) is 36.7 Å². The molecule has 0 aliphatic carbocycles. The van der Waals surface area contributed by atoms with E-state index in [2.05, 4.69) is 15.5 Å². The zero-order valence-corrected chi connectivity index (χ0v) is 10.2. The van der Waals surface area contributed by atoms with Gasteiger partial charge in [-0.2, -0.15) is 0 Å². The SMILES string of the molecule is N/C(=N/O)c1ccc(NC(=O)c2ccncc2)c(F)c1. The van der Waals surface area contributed by atoms with Crippen molar-refractivity contribution < 1.29 is 14.4 Å². The maximum absolute atomic E-state index is 13.8. The number of rotatable bonds is 3. The van der Waals surface area contributed by atoms with Gasteiger partial charge in [-0.25, -0.2) is 4.39 Å². The van der Waals surface area contributed by atoms with E-state index < -0.39 is 11.7 Å². The highest BCUT2D eigenvalue weighted by Crippen LogP contribution is 2.16.